The van der Waals surface area contributed by atoms with Crippen molar-refractivity contribution in [3.05, 3.63) is 29.6 Å². The standard InChI is InChI=1S/C12H14FNO/c13-8-2-3-9-10(14)7-12(4-1-5-12)15-11(9)6-8/h2-3,6,10H,1,4-5,7,14H2/t10-/m0/s1. The first kappa shape index (κ1) is 9.16. The second kappa shape index (κ2) is 2.95. The lowest BCUT2D eigenvalue weighted by Crippen LogP contribution is -2.48. The summed E-state index contributed by atoms with van der Waals surface area (Å²) in [6, 6.07) is 4.63. The summed E-state index contributed by atoms with van der Waals surface area (Å²) >= 11 is 0. The van der Waals surface area contributed by atoms with Crippen LogP contribution in [0.1, 0.15) is 37.3 Å². The van der Waals surface area contributed by atoms with E-state index in [9.17, 15) is 4.39 Å². The lowest BCUT2D eigenvalue weighted by molar-refractivity contribution is -0.0331. The number of halogens is 1. The SMILES string of the molecule is N[C@H]1CC2(CCC2)Oc2cc(F)ccc21. The molecule has 2 aliphatic rings. The van der Waals surface area contributed by atoms with Crippen molar-refractivity contribution in [2.75, 3.05) is 0 Å². The summed E-state index contributed by atoms with van der Waals surface area (Å²) in [4.78, 5) is 0. The average molecular weight is 207 g/mol. The number of nitrogens with two attached hydrogens (primary N) is 1. The van der Waals surface area contributed by atoms with Crippen molar-refractivity contribution in [3.63, 3.8) is 0 Å². The Hall–Kier alpha value is -1.09. The smallest absolute Gasteiger partial charge is 0.127 e. The fourth-order valence-corrected chi connectivity index (χ4v) is 2.57. The van der Waals surface area contributed by atoms with Gasteiger partial charge in [-0.05, 0) is 25.3 Å². The molecule has 0 unspecified atom stereocenters. The van der Waals surface area contributed by atoms with Crippen molar-refractivity contribution in [3.8, 4) is 5.75 Å². The zero-order valence-corrected chi connectivity index (χ0v) is 8.50. The number of hydrogen-bond donors (Lipinski definition) is 1. The predicted molar refractivity (Wildman–Crippen MR) is 55.2 cm³/mol. The van der Waals surface area contributed by atoms with E-state index in [0.29, 0.717) is 5.75 Å². The number of fused-ring (bicyclic) bond motifs is 1. The summed E-state index contributed by atoms with van der Waals surface area (Å²) in [5.74, 6) is 0.394. The van der Waals surface area contributed by atoms with Gasteiger partial charge in [0.1, 0.15) is 17.2 Å². The van der Waals surface area contributed by atoms with Crippen LogP contribution in [0.2, 0.25) is 0 Å². The third-order valence-electron chi connectivity index (χ3n) is 3.56. The summed E-state index contributed by atoms with van der Waals surface area (Å²) in [7, 11) is 0. The minimum atomic E-state index is -0.252. The summed E-state index contributed by atoms with van der Waals surface area (Å²) < 4.78 is 19.0. The van der Waals surface area contributed by atoms with E-state index in [2.05, 4.69) is 0 Å². The van der Waals surface area contributed by atoms with Gasteiger partial charge in [0.05, 0.1) is 0 Å². The van der Waals surface area contributed by atoms with Crippen LogP contribution in [0.3, 0.4) is 0 Å². The van der Waals surface area contributed by atoms with Crippen LogP contribution in [0.25, 0.3) is 0 Å². The van der Waals surface area contributed by atoms with E-state index in [4.69, 9.17) is 10.5 Å². The van der Waals surface area contributed by atoms with Gasteiger partial charge in [-0.1, -0.05) is 6.07 Å². The third kappa shape index (κ3) is 1.34. The fraction of sp³-hybridized carbons (Fsp3) is 0.500. The molecule has 2 nitrogen and oxygen atoms in total. The highest BCUT2D eigenvalue weighted by Gasteiger charge is 2.44. The second-order valence-corrected chi connectivity index (χ2v) is 4.63. The Morgan fingerprint density at radius 2 is 2.20 bits per heavy atom. The molecule has 1 aromatic carbocycles. The van der Waals surface area contributed by atoms with Crippen molar-refractivity contribution in [1.82, 2.24) is 0 Å². The molecule has 0 radical (unpaired) electrons. The number of rotatable bonds is 0. The Labute approximate surface area is 88.2 Å². The van der Waals surface area contributed by atoms with E-state index in [1.165, 1.54) is 18.6 Å². The van der Waals surface area contributed by atoms with Gasteiger partial charge in [-0.15, -0.1) is 0 Å². The van der Waals surface area contributed by atoms with Gasteiger partial charge in [0, 0.05) is 24.1 Å². The van der Waals surface area contributed by atoms with Gasteiger partial charge in [0.2, 0.25) is 0 Å². The molecular weight excluding hydrogens is 193 g/mol. The van der Waals surface area contributed by atoms with Crippen LogP contribution in [0, 0.1) is 5.82 Å². The van der Waals surface area contributed by atoms with Crippen molar-refractivity contribution >= 4 is 0 Å². The molecule has 3 heteroatoms. The lowest BCUT2D eigenvalue weighted by atomic mass is 9.73. The zero-order valence-electron chi connectivity index (χ0n) is 8.50. The van der Waals surface area contributed by atoms with Gasteiger partial charge in [-0.2, -0.15) is 0 Å². The Bertz CT molecular complexity index is 401. The van der Waals surface area contributed by atoms with Gasteiger partial charge >= 0.3 is 0 Å². The molecule has 1 aliphatic carbocycles. The molecule has 0 saturated heterocycles. The van der Waals surface area contributed by atoms with E-state index < -0.39 is 0 Å². The van der Waals surface area contributed by atoms with E-state index in [1.54, 1.807) is 6.07 Å². The Morgan fingerprint density at radius 1 is 1.40 bits per heavy atom. The van der Waals surface area contributed by atoms with Crippen LogP contribution in [0.15, 0.2) is 18.2 Å². The topological polar surface area (TPSA) is 35.2 Å². The molecule has 80 valence electrons. The Morgan fingerprint density at radius 3 is 2.87 bits per heavy atom. The largest absolute Gasteiger partial charge is 0.487 e. The minimum absolute atomic E-state index is 0.00495. The van der Waals surface area contributed by atoms with Crippen LogP contribution < -0.4 is 10.5 Å². The molecule has 2 N–H and O–H groups in total. The molecule has 1 spiro atoms. The maximum absolute atomic E-state index is 13.1. The quantitative estimate of drug-likeness (QED) is 0.709. The number of ether oxygens (including phenoxy) is 1. The van der Waals surface area contributed by atoms with Crippen molar-refractivity contribution in [2.45, 2.75) is 37.3 Å². The summed E-state index contributed by atoms with van der Waals surface area (Å²) in [6.07, 6.45) is 4.16. The van der Waals surface area contributed by atoms with E-state index in [1.807, 2.05) is 0 Å². The average Bonchev–Trinajstić information content (AvgIpc) is 2.14. The van der Waals surface area contributed by atoms with Gasteiger partial charge < -0.3 is 10.5 Å². The van der Waals surface area contributed by atoms with Gasteiger partial charge in [0.15, 0.2) is 0 Å². The normalized spacial score (nSPS) is 26.7. The Kier molecular flexibility index (Phi) is 1.80. The Balaban J connectivity index is 2.01. The summed E-state index contributed by atoms with van der Waals surface area (Å²) in [5, 5.41) is 0. The molecule has 0 bridgehead atoms. The van der Waals surface area contributed by atoms with Gasteiger partial charge in [0.25, 0.3) is 0 Å². The second-order valence-electron chi connectivity index (χ2n) is 4.63. The molecule has 0 amide bonds. The van der Waals surface area contributed by atoms with Gasteiger partial charge in [-0.3, -0.25) is 0 Å². The first-order chi connectivity index (χ1) is 7.19. The van der Waals surface area contributed by atoms with Crippen LogP contribution in [0.5, 0.6) is 5.75 Å². The maximum atomic E-state index is 13.1. The van der Waals surface area contributed by atoms with Crippen LogP contribution in [0.4, 0.5) is 4.39 Å². The van der Waals surface area contributed by atoms with Crippen LogP contribution in [-0.2, 0) is 0 Å². The molecule has 3 rings (SSSR count). The highest BCUT2D eigenvalue weighted by atomic mass is 19.1. The minimum Gasteiger partial charge on any atom is -0.487 e. The van der Waals surface area contributed by atoms with Crippen molar-refractivity contribution in [1.29, 1.82) is 0 Å². The molecule has 1 saturated carbocycles. The first-order valence-electron chi connectivity index (χ1n) is 5.43. The van der Waals surface area contributed by atoms with E-state index in [0.717, 1.165) is 24.8 Å². The van der Waals surface area contributed by atoms with Crippen LogP contribution in [-0.4, -0.2) is 5.60 Å². The zero-order chi connectivity index (χ0) is 10.5. The lowest BCUT2D eigenvalue weighted by Gasteiger charge is -2.47. The third-order valence-corrected chi connectivity index (χ3v) is 3.56. The molecule has 1 aromatic rings. The first-order valence-corrected chi connectivity index (χ1v) is 5.43. The van der Waals surface area contributed by atoms with Crippen LogP contribution >= 0.6 is 0 Å². The molecule has 0 aromatic heterocycles. The molecular formula is C12H14FNO. The molecule has 1 aliphatic heterocycles. The molecule has 1 heterocycles. The van der Waals surface area contributed by atoms with E-state index in [-0.39, 0.29) is 17.5 Å². The number of hydrogen-bond acceptors (Lipinski definition) is 2. The van der Waals surface area contributed by atoms with Crippen molar-refractivity contribution in [2.24, 2.45) is 5.73 Å². The highest BCUT2D eigenvalue weighted by molar-refractivity contribution is 5.39. The highest BCUT2D eigenvalue weighted by Crippen LogP contribution is 2.48. The van der Waals surface area contributed by atoms with Gasteiger partial charge in [-0.25, -0.2) is 4.39 Å². The number of benzene rings is 1. The van der Waals surface area contributed by atoms with Crippen molar-refractivity contribution < 1.29 is 9.13 Å². The fourth-order valence-electron chi connectivity index (χ4n) is 2.57. The summed E-state index contributed by atoms with van der Waals surface area (Å²) in [6.45, 7) is 0. The molecule has 15 heavy (non-hydrogen) atoms. The molecule has 1 fully saturated rings. The predicted octanol–water partition coefficient (Wildman–Crippen LogP) is 2.53. The van der Waals surface area contributed by atoms with E-state index >= 15 is 0 Å². The molecule has 1 atom stereocenters. The maximum Gasteiger partial charge on any atom is 0.127 e. The summed E-state index contributed by atoms with van der Waals surface area (Å²) in [5.41, 5.74) is 6.93. The monoisotopic (exact) mass is 207 g/mol.